The molecule has 2 aromatic carbocycles. The molecule has 0 bridgehead atoms. The van der Waals surface area contributed by atoms with Crippen LogP contribution in [0.3, 0.4) is 0 Å². The van der Waals surface area contributed by atoms with Crippen LogP contribution in [0.15, 0.2) is 65.7 Å². The highest BCUT2D eigenvalue weighted by Gasteiger charge is 2.32. The molecule has 2 heterocycles. The summed E-state index contributed by atoms with van der Waals surface area (Å²) in [5.41, 5.74) is 1.86. The van der Waals surface area contributed by atoms with Crippen LogP contribution in [0.1, 0.15) is 36.3 Å². The van der Waals surface area contributed by atoms with Crippen LogP contribution in [0, 0.1) is 11.8 Å². The van der Waals surface area contributed by atoms with E-state index in [1.165, 1.54) is 10.4 Å². The number of hydrogen-bond donors (Lipinski definition) is 1. The first-order valence-corrected chi connectivity index (χ1v) is 12.8. The number of ether oxygens (including phenoxy) is 1. The Bertz CT molecular complexity index is 1240. The number of nitrogens with zero attached hydrogens (tertiary/aromatic N) is 3. The lowest BCUT2D eigenvalue weighted by Gasteiger charge is -2.34. The molecular weight excluding hydrogens is 452 g/mol. The Morgan fingerprint density at radius 3 is 2.47 bits per heavy atom. The monoisotopic (exact) mass is 482 g/mol. The van der Waals surface area contributed by atoms with Crippen molar-refractivity contribution >= 4 is 15.9 Å². The number of aromatic nitrogens is 2. The SMILES string of the molecule is COc1ccc(-n2ccc(CNC(=O)c3cccc(S(=O)(=O)N4CC(C)CC(C)C4)c3)n2)cc1. The van der Waals surface area contributed by atoms with Gasteiger partial charge < -0.3 is 10.1 Å². The number of sulfonamides is 1. The van der Waals surface area contributed by atoms with Gasteiger partial charge in [0.1, 0.15) is 5.75 Å². The molecule has 2 atom stereocenters. The summed E-state index contributed by atoms with van der Waals surface area (Å²) in [6, 6.07) is 15.5. The fourth-order valence-corrected chi connectivity index (χ4v) is 6.08. The third-order valence-corrected chi connectivity index (χ3v) is 7.81. The van der Waals surface area contributed by atoms with Gasteiger partial charge >= 0.3 is 0 Å². The van der Waals surface area contributed by atoms with E-state index in [4.69, 9.17) is 4.74 Å². The topological polar surface area (TPSA) is 93.5 Å². The van der Waals surface area contributed by atoms with E-state index in [1.807, 2.05) is 36.5 Å². The molecule has 4 rings (SSSR count). The number of carbonyl (C=O) groups is 1. The molecule has 180 valence electrons. The molecule has 0 radical (unpaired) electrons. The summed E-state index contributed by atoms with van der Waals surface area (Å²) in [6.07, 6.45) is 2.83. The quantitative estimate of drug-likeness (QED) is 0.557. The standard InChI is InChI=1S/C25H30N4O4S/c1-18-13-19(2)17-28(16-18)34(31,32)24-6-4-5-20(14-24)25(30)26-15-21-11-12-29(27-21)22-7-9-23(33-3)10-8-22/h4-12,14,18-19H,13,15-17H2,1-3H3,(H,26,30). The molecule has 1 amide bonds. The van der Waals surface area contributed by atoms with Crippen molar-refractivity contribution in [2.24, 2.45) is 11.8 Å². The number of piperidine rings is 1. The second-order valence-corrected chi connectivity index (χ2v) is 10.9. The van der Waals surface area contributed by atoms with Crippen LogP contribution in [0.25, 0.3) is 5.69 Å². The van der Waals surface area contributed by atoms with Crippen LogP contribution in [-0.4, -0.2) is 48.6 Å². The molecule has 0 saturated carbocycles. The second kappa shape index (κ2) is 9.99. The normalized spacial score (nSPS) is 19.0. The van der Waals surface area contributed by atoms with Crippen LogP contribution < -0.4 is 10.1 Å². The van der Waals surface area contributed by atoms with E-state index in [-0.39, 0.29) is 17.3 Å². The summed E-state index contributed by atoms with van der Waals surface area (Å²) in [5, 5.41) is 7.32. The molecule has 3 aromatic rings. The fraction of sp³-hybridized carbons (Fsp3) is 0.360. The van der Waals surface area contributed by atoms with Gasteiger partial charge in [0.05, 0.1) is 29.9 Å². The highest BCUT2D eigenvalue weighted by Crippen LogP contribution is 2.27. The Hall–Kier alpha value is -3.17. The van der Waals surface area contributed by atoms with Gasteiger partial charge in [0.15, 0.2) is 0 Å². The highest BCUT2D eigenvalue weighted by atomic mass is 32.2. The lowest BCUT2D eigenvalue weighted by Crippen LogP contribution is -2.42. The van der Waals surface area contributed by atoms with Crippen LogP contribution in [0.5, 0.6) is 5.75 Å². The molecular formula is C25H30N4O4S. The van der Waals surface area contributed by atoms with Gasteiger partial charge in [-0.05, 0) is 66.8 Å². The minimum Gasteiger partial charge on any atom is -0.497 e. The first-order chi connectivity index (χ1) is 16.3. The molecule has 34 heavy (non-hydrogen) atoms. The van der Waals surface area contributed by atoms with Gasteiger partial charge in [0.2, 0.25) is 10.0 Å². The summed E-state index contributed by atoms with van der Waals surface area (Å²) in [4.78, 5) is 12.9. The molecule has 1 saturated heterocycles. The van der Waals surface area contributed by atoms with Crippen molar-refractivity contribution in [1.29, 1.82) is 0 Å². The second-order valence-electron chi connectivity index (χ2n) is 8.93. The summed E-state index contributed by atoms with van der Waals surface area (Å²) < 4.78 is 34.8. The van der Waals surface area contributed by atoms with Gasteiger partial charge in [-0.3, -0.25) is 4.79 Å². The highest BCUT2D eigenvalue weighted by molar-refractivity contribution is 7.89. The molecule has 0 aliphatic carbocycles. The minimum atomic E-state index is -3.65. The summed E-state index contributed by atoms with van der Waals surface area (Å²) in [7, 11) is -2.04. The number of rotatable bonds is 7. The summed E-state index contributed by atoms with van der Waals surface area (Å²) in [5.74, 6) is 1.03. The number of methoxy groups -OCH3 is 1. The van der Waals surface area contributed by atoms with Crippen molar-refractivity contribution in [2.45, 2.75) is 31.7 Å². The van der Waals surface area contributed by atoms with Crippen molar-refractivity contribution in [3.63, 3.8) is 0 Å². The number of carbonyl (C=O) groups excluding carboxylic acids is 1. The summed E-state index contributed by atoms with van der Waals surface area (Å²) in [6.45, 7) is 5.36. The van der Waals surface area contributed by atoms with Gasteiger partial charge in [-0.15, -0.1) is 0 Å². The predicted octanol–water partition coefficient (Wildman–Crippen LogP) is 3.48. The summed E-state index contributed by atoms with van der Waals surface area (Å²) >= 11 is 0. The van der Waals surface area contributed by atoms with Gasteiger partial charge in [-0.2, -0.15) is 9.40 Å². The number of benzene rings is 2. The maximum absolute atomic E-state index is 13.2. The van der Waals surface area contributed by atoms with Crippen LogP contribution >= 0.6 is 0 Å². The van der Waals surface area contributed by atoms with E-state index >= 15 is 0 Å². The van der Waals surface area contributed by atoms with Gasteiger partial charge in [0.25, 0.3) is 5.91 Å². The van der Waals surface area contributed by atoms with Crippen molar-refractivity contribution in [3.05, 3.63) is 72.1 Å². The zero-order valence-electron chi connectivity index (χ0n) is 19.6. The van der Waals surface area contributed by atoms with E-state index in [0.29, 0.717) is 36.2 Å². The Morgan fingerprint density at radius 2 is 1.79 bits per heavy atom. The predicted molar refractivity (Wildman–Crippen MR) is 129 cm³/mol. The van der Waals surface area contributed by atoms with E-state index in [9.17, 15) is 13.2 Å². The zero-order chi connectivity index (χ0) is 24.3. The first kappa shape index (κ1) is 24.0. The van der Waals surface area contributed by atoms with Crippen LogP contribution in [0.2, 0.25) is 0 Å². The Balaban J connectivity index is 1.42. The van der Waals surface area contributed by atoms with E-state index in [2.05, 4.69) is 24.3 Å². The smallest absolute Gasteiger partial charge is 0.251 e. The average molecular weight is 483 g/mol. The zero-order valence-corrected chi connectivity index (χ0v) is 20.5. The number of nitrogens with one attached hydrogen (secondary N) is 1. The largest absolute Gasteiger partial charge is 0.497 e. The molecule has 1 aromatic heterocycles. The van der Waals surface area contributed by atoms with E-state index < -0.39 is 10.0 Å². The lowest BCUT2D eigenvalue weighted by atomic mass is 9.94. The Kier molecular flexibility index (Phi) is 7.04. The number of amides is 1. The maximum atomic E-state index is 13.2. The maximum Gasteiger partial charge on any atom is 0.251 e. The van der Waals surface area contributed by atoms with Crippen molar-refractivity contribution < 1.29 is 17.9 Å². The average Bonchev–Trinajstić information content (AvgIpc) is 3.31. The van der Waals surface area contributed by atoms with Crippen molar-refractivity contribution in [1.82, 2.24) is 19.4 Å². The van der Waals surface area contributed by atoms with E-state index in [1.54, 1.807) is 30.0 Å². The van der Waals surface area contributed by atoms with Crippen molar-refractivity contribution in [3.8, 4) is 11.4 Å². The third kappa shape index (κ3) is 5.31. The number of hydrogen-bond acceptors (Lipinski definition) is 5. The molecule has 1 fully saturated rings. The van der Waals surface area contributed by atoms with Crippen LogP contribution in [-0.2, 0) is 16.6 Å². The molecule has 8 nitrogen and oxygen atoms in total. The van der Waals surface area contributed by atoms with E-state index in [0.717, 1.165) is 17.9 Å². The lowest BCUT2D eigenvalue weighted by molar-refractivity contribution is 0.0950. The molecule has 9 heteroatoms. The van der Waals surface area contributed by atoms with Gasteiger partial charge in [0, 0.05) is 24.8 Å². The Labute approximate surface area is 200 Å². The molecule has 0 spiro atoms. The van der Waals surface area contributed by atoms with Gasteiger partial charge in [-0.1, -0.05) is 19.9 Å². The fourth-order valence-electron chi connectivity index (χ4n) is 4.36. The van der Waals surface area contributed by atoms with Gasteiger partial charge in [-0.25, -0.2) is 13.1 Å². The first-order valence-electron chi connectivity index (χ1n) is 11.3. The van der Waals surface area contributed by atoms with Crippen molar-refractivity contribution in [2.75, 3.05) is 20.2 Å². The third-order valence-electron chi connectivity index (χ3n) is 5.98. The molecule has 1 aliphatic heterocycles. The molecule has 2 unspecified atom stereocenters. The van der Waals surface area contributed by atoms with Crippen LogP contribution in [0.4, 0.5) is 0 Å². The molecule has 1 aliphatic rings. The Morgan fingerprint density at radius 1 is 1.09 bits per heavy atom. The minimum absolute atomic E-state index is 0.144. The molecule has 1 N–H and O–H groups in total.